The molecule has 2 saturated heterocycles. The molecule has 2 atom stereocenters. The Morgan fingerprint density at radius 2 is 1.94 bits per heavy atom. The maximum Gasteiger partial charge on any atom is 0.296 e. The van der Waals surface area contributed by atoms with Crippen molar-refractivity contribution in [1.82, 2.24) is 4.90 Å². The van der Waals surface area contributed by atoms with Gasteiger partial charge in [0.25, 0.3) is 17.6 Å². The van der Waals surface area contributed by atoms with Gasteiger partial charge in [-0.1, -0.05) is 24.3 Å². The number of anilines is 1. The molecule has 3 heterocycles. The van der Waals surface area contributed by atoms with E-state index < -0.39 is 28.9 Å². The van der Waals surface area contributed by atoms with Gasteiger partial charge in [-0.2, -0.15) is 0 Å². The zero-order chi connectivity index (χ0) is 25.4. The fourth-order valence-corrected chi connectivity index (χ4v) is 5.44. The minimum Gasteiger partial charge on any atom is -0.507 e. The van der Waals surface area contributed by atoms with Crippen LogP contribution in [-0.2, 0) is 24.7 Å². The van der Waals surface area contributed by atoms with Gasteiger partial charge in [0.05, 0.1) is 24.0 Å². The number of Topliss-reactive ketones (excluding diaryl/α,β-unsaturated/α-hetero) is 1. The molecule has 0 radical (unpaired) electrons. The number of rotatable bonds is 7. The van der Waals surface area contributed by atoms with E-state index in [1.807, 2.05) is 6.92 Å². The normalized spacial score (nSPS) is 24.6. The molecule has 8 heteroatoms. The second-order valence-electron chi connectivity index (χ2n) is 8.99. The van der Waals surface area contributed by atoms with Gasteiger partial charge in [-0.25, -0.2) is 0 Å². The Balaban J connectivity index is 1.75. The number of ketones is 1. The lowest BCUT2D eigenvalue weighted by molar-refractivity contribution is -0.145. The fraction of sp³-hybridized carbons (Fsp3) is 0.321. The van der Waals surface area contributed by atoms with Crippen LogP contribution < -0.4 is 9.64 Å². The van der Waals surface area contributed by atoms with Gasteiger partial charge in [0.2, 0.25) is 0 Å². The second kappa shape index (κ2) is 9.28. The van der Waals surface area contributed by atoms with Crippen molar-refractivity contribution in [2.24, 2.45) is 0 Å². The Hall–Kier alpha value is -3.91. The zero-order valence-corrected chi connectivity index (χ0v) is 20.1. The van der Waals surface area contributed by atoms with Crippen molar-refractivity contribution in [1.29, 1.82) is 0 Å². The summed E-state index contributed by atoms with van der Waals surface area (Å²) in [6.07, 6.45) is 2.83. The number of hydrogen-bond donors (Lipinski definition) is 1. The molecule has 2 aromatic rings. The lowest BCUT2D eigenvalue weighted by Crippen LogP contribution is -2.53. The van der Waals surface area contributed by atoms with Crippen molar-refractivity contribution in [3.05, 3.63) is 77.9 Å². The third-order valence-electron chi connectivity index (χ3n) is 6.97. The molecule has 1 spiro atoms. The third kappa shape index (κ3) is 3.44. The number of carbonyl (C=O) groups is 3. The van der Waals surface area contributed by atoms with Crippen molar-refractivity contribution in [2.45, 2.75) is 31.4 Å². The number of ether oxygens (including phenoxy) is 2. The summed E-state index contributed by atoms with van der Waals surface area (Å²) in [4.78, 5) is 44.2. The number of nitrogens with zero attached hydrogens (tertiary/aromatic N) is 2. The quantitative estimate of drug-likeness (QED) is 0.278. The van der Waals surface area contributed by atoms with Crippen molar-refractivity contribution in [3.63, 3.8) is 0 Å². The van der Waals surface area contributed by atoms with E-state index >= 15 is 0 Å². The first-order chi connectivity index (χ1) is 17.4. The van der Waals surface area contributed by atoms with Crippen LogP contribution in [0.25, 0.3) is 5.76 Å². The van der Waals surface area contributed by atoms with Gasteiger partial charge in [-0.15, -0.1) is 6.58 Å². The molecule has 0 aromatic heterocycles. The molecule has 3 aliphatic rings. The van der Waals surface area contributed by atoms with E-state index in [1.165, 1.54) is 9.80 Å². The topological polar surface area (TPSA) is 96.4 Å². The number of carbonyl (C=O) groups excluding carboxylic acids is 3. The first-order valence-corrected chi connectivity index (χ1v) is 12.1. The minimum atomic E-state index is -1.80. The van der Waals surface area contributed by atoms with Crippen LogP contribution in [-0.4, -0.2) is 60.0 Å². The molecular formula is C28H28N2O6. The van der Waals surface area contributed by atoms with Gasteiger partial charge < -0.3 is 24.4 Å². The molecule has 2 fully saturated rings. The molecule has 0 unspecified atom stereocenters. The van der Waals surface area contributed by atoms with Crippen LogP contribution in [0.3, 0.4) is 0 Å². The summed E-state index contributed by atoms with van der Waals surface area (Å²) in [6.45, 7) is 6.91. The van der Waals surface area contributed by atoms with Gasteiger partial charge in [-0.3, -0.25) is 14.4 Å². The van der Waals surface area contributed by atoms with E-state index in [4.69, 9.17) is 9.47 Å². The molecule has 36 heavy (non-hydrogen) atoms. The van der Waals surface area contributed by atoms with E-state index in [0.717, 1.165) is 6.42 Å². The Labute approximate surface area is 209 Å². The molecule has 1 N–H and O–H groups in total. The van der Waals surface area contributed by atoms with Gasteiger partial charge in [0, 0.05) is 30.8 Å². The molecule has 3 aliphatic heterocycles. The van der Waals surface area contributed by atoms with Crippen LogP contribution in [0.5, 0.6) is 5.75 Å². The van der Waals surface area contributed by atoms with Crippen molar-refractivity contribution in [3.8, 4) is 5.75 Å². The number of fused-ring (bicyclic) bond motifs is 2. The zero-order valence-electron chi connectivity index (χ0n) is 20.1. The summed E-state index contributed by atoms with van der Waals surface area (Å²) in [5.41, 5.74) is -0.692. The van der Waals surface area contributed by atoms with E-state index in [-0.39, 0.29) is 24.8 Å². The van der Waals surface area contributed by atoms with Gasteiger partial charge in [0.1, 0.15) is 11.5 Å². The Bertz CT molecular complexity index is 1260. The van der Waals surface area contributed by atoms with Gasteiger partial charge >= 0.3 is 0 Å². The summed E-state index contributed by atoms with van der Waals surface area (Å²) >= 11 is 0. The molecular weight excluding hydrogens is 460 g/mol. The molecule has 186 valence electrons. The number of amides is 2. The van der Waals surface area contributed by atoms with Crippen molar-refractivity contribution < 1.29 is 29.0 Å². The van der Waals surface area contributed by atoms with Crippen molar-refractivity contribution in [2.75, 3.05) is 31.2 Å². The average molecular weight is 489 g/mol. The largest absolute Gasteiger partial charge is 0.507 e. The first kappa shape index (κ1) is 23.8. The van der Waals surface area contributed by atoms with Gasteiger partial charge in [0.15, 0.2) is 5.54 Å². The molecule has 2 aromatic carbocycles. The number of aliphatic hydroxyl groups excluding tert-OH is 1. The molecule has 5 rings (SSSR count). The molecule has 2 amide bonds. The van der Waals surface area contributed by atoms with E-state index in [0.29, 0.717) is 42.2 Å². The lowest BCUT2D eigenvalue weighted by Gasteiger charge is -2.35. The number of benzene rings is 2. The monoisotopic (exact) mass is 488 g/mol. The highest BCUT2D eigenvalue weighted by Gasteiger charge is 2.67. The highest BCUT2D eigenvalue weighted by molar-refractivity contribution is 6.50. The molecule has 8 nitrogen and oxygen atoms in total. The predicted molar refractivity (Wildman–Crippen MR) is 134 cm³/mol. The van der Waals surface area contributed by atoms with Crippen LogP contribution in [0.15, 0.2) is 66.8 Å². The summed E-state index contributed by atoms with van der Waals surface area (Å²) in [5, 5.41) is 11.5. The van der Waals surface area contributed by atoms with E-state index in [1.54, 1.807) is 54.6 Å². The molecule has 0 saturated carbocycles. The highest BCUT2D eigenvalue weighted by Crippen LogP contribution is 2.53. The van der Waals surface area contributed by atoms with Crippen LogP contribution in [0.1, 0.15) is 30.9 Å². The fourth-order valence-electron chi connectivity index (χ4n) is 5.44. The van der Waals surface area contributed by atoms with Crippen molar-refractivity contribution >= 4 is 29.0 Å². The Morgan fingerprint density at radius 1 is 1.19 bits per heavy atom. The second-order valence-corrected chi connectivity index (χ2v) is 8.99. The smallest absolute Gasteiger partial charge is 0.296 e. The summed E-state index contributed by atoms with van der Waals surface area (Å²) in [7, 11) is 0. The third-order valence-corrected chi connectivity index (χ3v) is 6.97. The van der Waals surface area contributed by atoms with E-state index in [2.05, 4.69) is 6.58 Å². The number of aliphatic hydroxyl groups is 1. The maximum absolute atomic E-state index is 14.3. The van der Waals surface area contributed by atoms with Crippen LogP contribution in [0.2, 0.25) is 0 Å². The van der Waals surface area contributed by atoms with E-state index in [9.17, 15) is 19.5 Å². The summed E-state index contributed by atoms with van der Waals surface area (Å²) in [5.74, 6) is -2.02. The predicted octanol–water partition coefficient (Wildman–Crippen LogP) is 3.37. The van der Waals surface area contributed by atoms with Crippen LogP contribution in [0, 0.1) is 0 Å². The van der Waals surface area contributed by atoms with Crippen LogP contribution >= 0.6 is 0 Å². The number of hydrogen-bond acceptors (Lipinski definition) is 6. The lowest BCUT2D eigenvalue weighted by atomic mass is 9.81. The summed E-state index contributed by atoms with van der Waals surface area (Å²) in [6, 6.07) is 13.6. The minimum absolute atomic E-state index is 0.0621. The number of likely N-dealkylation sites (tertiary alicyclic amines) is 1. The first-order valence-electron chi connectivity index (χ1n) is 12.1. The van der Waals surface area contributed by atoms with Crippen LogP contribution in [0.4, 0.5) is 5.69 Å². The Kier molecular flexibility index (Phi) is 6.14. The highest BCUT2D eigenvalue weighted by atomic mass is 16.5. The SMILES string of the molecule is C=CCN1C(=O)[C@]2(C(=C(O)c3ccc(OCC)cc3)C(=O)C(=O)N2C[C@@H]2CCCO2)c2ccccc21. The number of para-hydroxylation sites is 1. The Morgan fingerprint density at radius 3 is 2.61 bits per heavy atom. The standard InChI is InChI=1S/C28H28N2O6/c1-3-15-29-22-10-6-5-9-21(22)28(27(29)34)23(24(31)18-11-13-19(14-12-18)35-4-2)25(32)26(33)30(28)17-20-8-7-16-36-20/h3,5-6,9-14,20,31H,1,4,7-8,15-17H2,2H3/t20-,28+/m0/s1. The van der Waals surface area contributed by atoms with Gasteiger partial charge in [-0.05, 0) is 50.1 Å². The summed E-state index contributed by atoms with van der Waals surface area (Å²) < 4.78 is 11.3. The molecule has 0 aliphatic carbocycles. The average Bonchev–Trinajstić information content (AvgIpc) is 3.55. The molecule has 0 bridgehead atoms. The maximum atomic E-state index is 14.3.